The lowest BCUT2D eigenvalue weighted by Crippen LogP contribution is -2.13. The molecule has 0 aliphatic rings. The average molecular weight is 185 g/mol. The number of hydrogen-bond acceptors (Lipinski definition) is 4. The molecule has 1 aromatic heterocycles. The maximum atomic E-state index is 5.42. The van der Waals surface area contributed by atoms with Gasteiger partial charge in [0, 0.05) is 11.8 Å². The summed E-state index contributed by atoms with van der Waals surface area (Å²) in [6.45, 7) is 6.99. The molecule has 0 saturated carbocycles. The van der Waals surface area contributed by atoms with E-state index in [1.54, 1.807) is 0 Å². The van der Waals surface area contributed by atoms with E-state index in [0.29, 0.717) is 6.54 Å². The van der Waals surface area contributed by atoms with Gasteiger partial charge in [0.2, 0.25) is 0 Å². The summed E-state index contributed by atoms with van der Waals surface area (Å²) in [5.74, 6) is 0.927. The summed E-state index contributed by atoms with van der Waals surface area (Å²) in [5.41, 5.74) is 5.48. The Morgan fingerprint density at radius 1 is 1.42 bits per heavy atom. The van der Waals surface area contributed by atoms with Crippen LogP contribution in [0.5, 0.6) is 0 Å². The van der Waals surface area contributed by atoms with Crippen molar-refractivity contribution >= 4 is 11.5 Å². The lowest BCUT2D eigenvalue weighted by Gasteiger charge is -2.12. The maximum absolute atomic E-state index is 5.42. The Bertz CT molecular complexity index is 249. The normalized spacial score (nSPS) is 12.0. The molecule has 0 radical (unpaired) electrons. The highest BCUT2D eigenvalue weighted by Gasteiger charge is 2.18. The first-order valence-corrected chi connectivity index (χ1v) is 4.84. The van der Waals surface area contributed by atoms with Crippen LogP contribution in [0.1, 0.15) is 31.6 Å². The van der Waals surface area contributed by atoms with E-state index in [1.807, 2.05) is 0 Å². The number of nitrogens with two attached hydrogens (primary N) is 1. The first-order chi connectivity index (χ1) is 5.54. The fraction of sp³-hybridized carbons (Fsp3) is 0.750. The summed E-state index contributed by atoms with van der Waals surface area (Å²) < 4.78 is 4.28. The van der Waals surface area contributed by atoms with Crippen molar-refractivity contribution in [3.63, 3.8) is 0 Å². The third kappa shape index (κ3) is 2.25. The summed E-state index contributed by atoms with van der Waals surface area (Å²) in [7, 11) is 0. The van der Waals surface area contributed by atoms with Crippen molar-refractivity contribution in [3.05, 3.63) is 10.8 Å². The van der Waals surface area contributed by atoms with E-state index in [1.165, 1.54) is 11.5 Å². The van der Waals surface area contributed by atoms with E-state index < -0.39 is 0 Å². The molecule has 68 valence electrons. The summed E-state index contributed by atoms with van der Waals surface area (Å²) in [6.07, 6.45) is 0.841. The summed E-state index contributed by atoms with van der Waals surface area (Å²) in [4.78, 5) is 4.40. The van der Waals surface area contributed by atoms with Crippen molar-refractivity contribution in [2.45, 2.75) is 32.6 Å². The number of rotatable bonds is 2. The average Bonchev–Trinajstić information content (AvgIpc) is 2.35. The monoisotopic (exact) mass is 185 g/mol. The van der Waals surface area contributed by atoms with Gasteiger partial charge in [0.05, 0.1) is 0 Å². The highest BCUT2D eigenvalue weighted by Crippen LogP contribution is 2.20. The largest absolute Gasteiger partial charge is 0.330 e. The Kier molecular flexibility index (Phi) is 2.80. The SMILES string of the molecule is CC(C)(C)c1nsc(CCN)n1. The third-order valence-electron chi connectivity index (χ3n) is 1.50. The second-order valence-corrected chi connectivity index (χ2v) is 4.64. The highest BCUT2D eigenvalue weighted by atomic mass is 32.1. The van der Waals surface area contributed by atoms with E-state index in [0.717, 1.165) is 17.3 Å². The van der Waals surface area contributed by atoms with Gasteiger partial charge in [-0.15, -0.1) is 0 Å². The molecule has 0 spiro atoms. The number of aromatic nitrogens is 2. The molecule has 1 rings (SSSR count). The lowest BCUT2D eigenvalue weighted by molar-refractivity contribution is 0.552. The second kappa shape index (κ2) is 3.49. The van der Waals surface area contributed by atoms with Crippen LogP contribution in [0.2, 0.25) is 0 Å². The molecule has 4 heteroatoms. The standard InChI is InChI=1S/C8H15N3S/c1-8(2,3)7-10-6(4-5-9)12-11-7/h4-5,9H2,1-3H3. The van der Waals surface area contributed by atoms with Crippen LogP contribution in [0.3, 0.4) is 0 Å². The van der Waals surface area contributed by atoms with Gasteiger partial charge in [0.25, 0.3) is 0 Å². The Morgan fingerprint density at radius 3 is 2.50 bits per heavy atom. The molecule has 0 unspecified atom stereocenters. The van der Waals surface area contributed by atoms with Crippen molar-refractivity contribution in [1.29, 1.82) is 0 Å². The quantitative estimate of drug-likeness (QED) is 0.756. The minimum absolute atomic E-state index is 0.0589. The smallest absolute Gasteiger partial charge is 0.147 e. The predicted octanol–water partition coefficient (Wildman–Crippen LogP) is 1.34. The van der Waals surface area contributed by atoms with Gasteiger partial charge in [0.15, 0.2) is 0 Å². The van der Waals surface area contributed by atoms with Gasteiger partial charge in [-0.25, -0.2) is 4.98 Å². The number of nitrogens with zero attached hydrogens (tertiary/aromatic N) is 2. The molecule has 0 aliphatic carbocycles. The van der Waals surface area contributed by atoms with Crippen LogP contribution in [0, 0.1) is 0 Å². The minimum Gasteiger partial charge on any atom is -0.330 e. The molecule has 3 nitrogen and oxygen atoms in total. The number of hydrogen-bond donors (Lipinski definition) is 1. The Hall–Kier alpha value is -0.480. The second-order valence-electron chi connectivity index (χ2n) is 3.80. The fourth-order valence-electron chi connectivity index (χ4n) is 0.785. The van der Waals surface area contributed by atoms with E-state index in [4.69, 9.17) is 5.73 Å². The summed E-state index contributed by atoms with van der Waals surface area (Å²) in [5, 5.41) is 1.04. The highest BCUT2D eigenvalue weighted by molar-refractivity contribution is 7.05. The van der Waals surface area contributed by atoms with Crippen molar-refractivity contribution in [2.24, 2.45) is 5.73 Å². The van der Waals surface area contributed by atoms with Gasteiger partial charge in [-0.3, -0.25) is 0 Å². The van der Waals surface area contributed by atoms with Gasteiger partial charge in [0.1, 0.15) is 10.8 Å². The zero-order valence-corrected chi connectivity index (χ0v) is 8.61. The molecule has 1 aromatic rings. The van der Waals surface area contributed by atoms with Crippen molar-refractivity contribution in [3.8, 4) is 0 Å². The zero-order chi connectivity index (χ0) is 9.19. The van der Waals surface area contributed by atoms with Crippen LogP contribution in [-0.4, -0.2) is 15.9 Å². The van der Waals surface area contributed by atoms with Crippen molar-refractivity contribution < 1.29 is 0 Å². The lowest BCUT2D eigenvalue weighted by atomic mass is 9.96. The van der Waals surface area contributed by atoms with Crippen LogP contribution in [-0.2, 0) is 11.8 Å². The van der Waals surface area contributed by atoms with Gasteiger partial charge < -0.3 is 5.73 Å². The topological polar surface area (TPSA) is 51.8 Å². The maximum Gasteiger partial charge on any atom is 0.147 e. The Morgan fingerprint density at radius 2 is 2.08 bits per heavy atom. The Labute approximate surface area is 77.2 Å². The molecule has 0 aromatic carbocycles. The van der Waals surface area contributed by atoms with Crippen molar-refractivity contribution in [2.75, 3.05) is 6.54 Å². The first kappa shape index (κ1) is 9.61. The van der Waals surface area contributed by atoms with Crippen LogP contribution < -0.4 is 5.73 Å². The molecule has 0 atom stereocenters. The zero-order valence-electron chi connectivity index (χ0n) is 7.79. The van der Waals surface area contributed by atoms with Crippen molar-refractivity contribution in [1.82, 2.24) is 9.36 Å². The Balaban J connectivity index is 2.77. The molecular weight excluding hydrogens is 170 g/mol. The minimum atomic E-state index is 0.0589. The van der Waals surface area contributed by atoms with E-state index in [2.05, 4.69) is 30.1 Å². The van der Waals surface area contributed by atoms with E-state index >= 15 is 0 Å². The molecular formula is C8H15N3S. The molecule has 0 aliphatic heterocycles. The molecule has 0 saturated heterocycles. The van der Waals surface area contributed by atoms with Crippen LogP contribution in [0.15, 0.2) is 0 Å². The van der Waals surface area contributed by atoms with Crippen LogP contribution in [0.4, 0.5) is 0 Å². The molecule has 1 heterocycles. The van der Waals surface area contributed by atoms with Gasteiger partial charge in [-0.05, 0) is 18.1 Å². The molecule has 0 bridgehead atoms. The first-order valence-electron chi connectivity index (χ1n) is 4.07. The molecule has 0 fully saturated rings. The van der Waals surface area contributed by atoms with Crippen LogP contribution >= 0.6 is 11.5 Å². The van der Waals surface area contributed by atoms with Gasteiger partial charge in [-0.1, -0.05) is 20.8 Å². The predicted molar refractivity (Wildman–Crippen MR) is 51.4 cm³/mol. The van der Waals surface area contributed by atoms with Gasteiger partial charge >= 0.3 is 0 Å². The summed E-state index contributed by atoms with van der Waals surface area (Å²) >= 11 is 1.46. The molecule has 12 heavy (non-hydrogen) atoms. The summed E-state index contributed by atoms with van der Waals surface area (Å²) in [6, 6.07) is 0. The fourth-order valence-corrected chi connectivity index (χ4v) is 1.63. The van der Waals surface area contributed by atoms with E-state index in [9.17, 15) is 0 Å². The van der Waals surface area contributed by atoms with Gasteiger partial charge in [-0.2, -0.15) is 4.37 Å². The third-order valence-corrected chi connectivity index (χ3v) is 2.27. The van der Waals surface area contributed by atoms with Crippen LogP contribution in [0.25, 0.3) is 0 Å². The molecule has 2 N–H and O–H groups in total. The van der Waals surface area contributed by atoms with E-state index in [-0.39, 0.29) is 5.41 Å². The molecule has 0 amide bonds.